The van der Waals surface area contributed by atoms with Crippen molar-refractivity contribution < 1.29 is 50.2 Å². The van der Waals surface area contributed by atoms with E-state index in [0.717, 1.165) is 0 Å². The Balaban J connectivity index is 1.95. The van der Waals surface area contributed by atoms with E-state index in [0.29, 0.717) is 0 Å². The van der Waals surface area contributed by atoms with Crippen LogP contribution < -0.4 is 21.1 Å². The van der Waals surface area contributed by atoms with Crippen molar-refractivity contribution >= 4 is 5.96 Å². The number of nitrogens with two attached hydrogens (primary N) is 1. The molecule has 0 radical (unpaired) electrons. The quantitative estimate of drug-likeness (QED) is 0.205. The van der Waals surface area contributed by atoms with Gasteiger partial charge in [0.15, 0.2) is 23.7 Å². The predicted octanol–water partition coefficient (Wildman–Crippen LogP) is -8.75. The fraction of sp³-hybridized carbons (Fsp3) is 0.909. The summed E-state index contributed by atoms with van der Waals surface area (Å²) in [6.45, 7) is 0. The molecule has 0 amide bonds. The van der Waals surface area contributed by atoms with Crippen LogP contribution in [0.25, 0.3) is 0 Å². The maximum Gasteiger partial charge on any atom is 0.343 e. The van der Waals surface area contributed by atoms with Crippen molar-refractivity contribution in [1.29, 1.82) is 0 Å². The molecule has 8 unspecified atom stereocenters. The van der Waals surface area contributed by atoms with Gasteiger partial charge in [-0.15, -0.1) is 0 Å². The van der Waals surface area contributed by atoms with Crippen LogP contribution >= 0.6 is 0 Å². The highest BCUT2D eigenvalue weighted by Gasteiger charge is 2.83. The molecule has 9 atom stereocenters. The third-order valence-corrected chi connectivity index (χ3v) is 5.34. The number of nitrogens with one attached hydrogen (secondary N) is 2. The maximum absolute atomic E-state index is 12.6. The molecule has 1 aliphatic carbocycles. The second-order valence-corrected chi connectivity index (χ2v) is 6.38. The van der Waals surface area contributed by atoms with Gasteiger partial charge in [0.05, 0.1) is 5.92 Å². The Morgan fingerprint density at radius 2 is 1.83 bits per heavy atom. The van der Waals surface area contributed by atoms with Crippen LogP contribution in [-0.2, 0) is 9.47 Å². The highest BCUT2D eigenvalue weighted by atomic mass is 16.9. The zero-order valence-corrected chi connectivity index (χ0v) is 11.5. The van der Waals surface area contributed by atoms with E-state index in [9.17, 15) is 35.7 Å². The zero-order valence-electron chi connectivity index (χ0n) is 11.5. The molecule has 4 aliphatic heterocycles. The van der Waals surface area contributed by atoms with Gasteiger partial charge in [-0.05, 0) is 0 Å². The molecule has 10 N–H and O–H groups in total. The average Bonchev–Trinajstić information content (AvgIpc) is 2.44. The lowest BCUT2D eigenvalue weighted by Crippen LogP contribution is -3.04. The molecule has 1 saturated carbocycles. The van der Waals surface area contributed by atoms with E-state index in [2.05, 4.69) is 10.3 Å². The van der Waals surface area contributed by atoms with Gasteiger partial charge in [-0.3, -0.25) is 16.0 Å². The lowest BCUT2D eigenvalue weighted by atomic mass is 9.54. The summed E-state index contributed by atoms with van der Waals surface area (Å²) in [4.78, 5) is 2.38. The van der Waals surface area contributed by atoms with Crippen LogP contribution in [0.2, 0.25) is 0 Å². The number of guanidine groups is 1. The van der Waals surface area contributed by atoms with Gasteiger partial charge >= 0.3 is 5.96 Å². The Morgan fingerprint density at radius 1 is 1.22 bits per heavy atom. The van der Waals surface area contributed by atoms with E-state index in [-0.39, 0.29) is 5.96 Å². The first-order valence-electron chi connectivity index (χ1n) is 6.95. The van der Waals surface area contributed by atoms with Crippen molar-refractivity contribution in [3.8, 4) is 0 Å². The summed E-state index contributed by atoms with van der Waals surface area (Å²) in [6, 6.07) is 0. The molecule has 0 aromatic carbocycles. The molecule has 4 bridgehead atoms. The zero-order chi connectivity index (χ0) is 16.9. The van der Waals surface area contributed by atoms with Gasteiger partial charge in [0, 0.05) is 0 Å². The lowest BCUT2D eigenvalue weighted by Gasteiger charge is -2.73. The number of ether oxygens (including phenoxy) is 2. The SMILES string of the molecule is NC1=[NH+]C(O)C2C3OC4([O-])OC(C(O)C2(N1)[C@@H]4O)C3(O)C(O)O. The fourth-order valence-corrected chi connectivity index (χ4v) is 4.34. The van der Waals surface area contributed by atoms with Gasteiger partial charge < -0.3 is 45.2 Å². The summed E-state index contributed by atoms with van der Waals surface area (Å²) in [6.07, 6.45) is -11.2. The van der Waals surface area contributed by atoms with Crippen LogP contribution in [-0.4, -0.2) is 90.6 Å². The summed E-state index contributed by atoms with van der Waals surface area (Å²) in [5.41, 5.74) is 1.09. The topological polar surface area (TPSA) is 215 Å². The first-order chi connectivity index (χ1) is 10.6. The number of rotatable bonds is 1. The van der Waals surface area contributed by atoms with Gasteiger partial charge in [0.2, 0.25) is 0 Å². The summed E-state index contributed by atoms with van der Waals surface area (Å²) in [7, 11) is 0. The van der Waals surface area contributed by atoms with E-state index in [1.54, 1.807) is 0 Å². The van der Waals surface area contributed by atoms with E-state index in [1.165, 1.54) is 0 Å². The summed E-state index contributed by atoms with van der Waals surface area (Å²) in [5.74, 6) is -4.43. The van der Waals surface area contributed by atoms with E-state index in [1.807, 2.05) is 0 Å². The Bertz CT molecular complexity index is 589. The molecule has 5 aliphatic rings. The Morgan fingerprint density at radius 3 is 2.43 bits per heavy atom. The molecule has 1 spiro atoms. The Hall–Kier alpha value is -1.09. The van der Waals surface area contributed by atoms with Crippen molar-refractivity contribution in [2.24, 2.45) is 11.7 Å². The number of aliphatic hydroxyl groups excluding tert-OH is 4. The summed E-state index contributed by atoms with van der Waals surface area (Å²) < 4.78 is 9.91. The molecule has 12 heteroatoms. The van der Waals surface area contributed by atoms with Gasteiger partial charge in [0.25, 0.3) is 0 Å². The van der Waals surface area contributed by atoms with Crippen molar-refractivity contribution in [2.45, 2.75) is 54.0 Å². The maximum atomic E-state index is 12.6. The van der Waals surface area contributed by atoms with Crippen molar-refractivity contribution in [3.63, 3.8) is 0 Å². The molecule has 23 heavy (non-hydrogen) atoms. The fourth-order valence-electron chi connectivity index (χ4n) is 4.34. The average molecular weight is 335 g/mol. The van der Waals surface area contributed by atoms with Gasteiger partial charge in [0.1, 0.15) is 30.4 Å². The monoisotopic (exact) mass is 335 g/mol. The van der Waals surface area contributed by atoms with Crippen LogP contribution in [0.3, 0.4) is 0 Å². The van der Waals surface area contributed by atoms with Crippen molar-refractivity contribution in [2.75, 3.05) is 0 Å². The molecule has 4 heterocycles. The summed E-state index contributed by atoms with van der Waals surface area (Å²) >= 11 is 0. The molecule has 0 aromatic heterocycles. The number of aliphatic hydroxyl groups is 6. The molecule has 5 rings (SSSR count). The smallest absolute Gasteiger partial charge is 0.343 e. The van der Waals surface area contributed by atoms with Crippen LogP contribution in [0.15, 0.2) is 0 Å². The molecule has 3 saturated heterocycles. The molecular weight excluding hydrogens is 318 g/mol. The summed E-state index contributed by atoms with van der Waals surface area (Å²) in [5, 5.41) is 76.1. The Kier molecular flexibility index (Phi) is 2.76. The van der Waals surface area contributed by atoms with Crippen molar-refractivity contribution in [3.05, 3.63) is 0 Å². The third kappa shape index (κ3) is 1.45. The molecule has 4 fully saturated rings. The van der Waals surface area contributed by atoms with Crippen LogP contribution in [0, 0.1) is 5.92 Å². The van der Waals surface area contributed by atoms with Gasteiger partial charge in [-0.1, -0.05) is 0 Å². The third-order valence-electron chi connectivity index (χ3n) is 5.34. The second kappa shape index (κ2) is 4.11. The number of hydrogen-bond acceptors (Lipinski definition) is 11. The first kappa shape index (κ1) is 15.4. The van der Waals surface area contributed by atoms with Crippen LogP contribution in [0.1, 0.15) is 0 Å². The Labute approximate surface area is 128 Å². The highest BCUT2D eigenvalue weighted by molar-refractivity contribution is 5.74. The highest BCUT2D eigenvalue weighted by Crippen LogP contribution is 2.57. The molecule has 0 aromatic rings. The standard InChI is InChI=1S/C11H16N3O9/c12-8-13-5(16)1-3-10(20,7(18)19)4-2(15)9(1,14-8)6(17)11(21,22-3)23-4/h1-7,15-20H,(H3,12,13,14)/q-1/p+1/t1?,2?,3?,4?,5?,6-,9?,10?,11?/m0/s1. The second-order valence-electron chi connectivity index (χ2n) is 6.38. The minimum absolute atomic E-state index is 0.217. The normalized spacial score (nSPS) is 60.4. The minimum atomic E-state index is -2.88. The van der Waals surface area contributed by atoms with Crippen molar-refractivity contribution in [1.82, 2.24) is 5.32 Å². The van der Waals surface area contributed by atoms with Crippen LogP contribution in [0.4, 0.5) is 0 Å². The largest absolute Gasteiger partial charge is 0.805 e. The number of hydrogen-bond donors (Lipinski definition) is 9. The van der Waals surface area contributed by atoms with Gasteiger partial charge in [-0.2, -0.15) is 0 Å². The molecular formula is C11H17N3O9. The minimum Gasteiger partial charge on any atom is -0.805 e. The molecule has 130 valence electrons. The lowest BCUT2D eigenvalue weighted by molar-refractivity contribution is -0.721. The van der Waals surface area contributed by atoms with E-state index >= 15 is 0 Å². The van der Waals surface area contributed by atoms with E-state index in [4.69, 9.17) is 15.2 Å². The van der Waals surface area contributed by atoms with Gasteiger partial charge in [-0.25, -0.2) is 0 Å². The van der Waals surface area contributed by atoms with Crippen LogP contribution in [0.5, 0.6) is 0 Å². The molecule has 12 nitrogen and oxygen atoms in total. The predicted molar refractivity (Wildman–Crippen MR) is 63.2 cm³/mol. The first-order valence-corrected chi connectivity index (χ1v) is 6.95. The van der Waals surface area contributed by atoms with E-state index < -0.39 is 60.0 Å².